The van der Waals surface area contributed by atoms with Crippen molar-refractivity contribution in [3.8, 4) is 0 Å². The third-order valence-electron chi connectivity index (χ3n) is 7.20. The van der Waals surface area contributed by atoms with Crippen LogP contribution in [0.1, 0.15) is 104 Å². The molecule has 3 aromatic rings. The fourth-order valence-corrected chi connectivity index (χ4v) is 5.32. The van der Waals surface area contributed by atoms with Gasteiger partial charge in [-0.25, -0.2) is 0 Å². The average Bonchev–Trinajstić information content (AvgIpc) is 2.86. The number of ketones is 3. The molecule has 36 heavy (non-hydrogen) atoms. The molecule has 0 bridgehead atoms. The Balaban J connectivity index is 1.81. The molecule has 2 atom stereocenters. The Morgan fingerprint density at radius 3 is 2.19 bits per heavy atom. The van der Waals surface area contributed by atoms with E-state index >= 15 is 0 Å². The quantitative estimate of drug-likeness (QED) is 0.311. The van der Waals surface area contributed by atoms with Gasteiger partial charge in [0.15, 0.2) is 17.3 Å². The third kappa shape index (κ3) is 4.81. The standard InChI is InChI=1S/C31H32O5/c1-18(14-15-32)12-13-27(34)22-9-5-4-8-21(22)17-25-28(20(3)33)19(2)16-26-29(25)31(36)24-11-7-6-10-23(24)30(26)35/h4-11,16,18,27,32,34H,12-15,17H2,1-3H3. The van der Waals surface area contributed by atoms with Gasteiger partial charge < -0.3 is 10.2 Å². The Hall–Kier alpha value is -3.41. The largest absolute Gasteiger partial charge is 0.396 e. The van der Waals surface area contributed by atoms with Crippen LogP contribution >= 0.6 is 0 Å². The van der Waals surface area contributed by atoms with Crippen LogP contribution in [0.25, 0.3) is 0 Å². The molecule has 0 aromatic heterocycles. The predicted octanol–water partition coefficient (Wildman–Crippen LogP) is 5.40. The van der Waals surface area contributed by atoms with Crippen LogP contribution in [-0.4, -0.2) is 34.2 Å². The summed E-state index contributed by atoms with van der Waals surface area (Å²) < 4.78 is 0. The number of aliphatic hydroxyl groups is 2. The molecule has 0 fully saturated rings. The monoisotopic (exact) mass is 484 g/mol. The van der Waals surface area contributed by atoms with Crippen molar-refractivity contribution in [3.63, 3.8) is 0 Å². The van der Waals surface area contributed by atoms with Crippen LogP contribution in [0.3, 0.4) is 0 Å². The van der Waals surface area contributed by atoms with Crippen LogP contribution in [0.2, 0.25) is 0 Å². The first-order valence-electron chi connectivity index (χ1n) is 12.5. The van der Waals surface area contributed by atoms with Gasteiger partial charge in [0.2, 0.25) is 0 Å². The van der Waals surface area contributed by atoms with E-state index in [0.29, 0.717) is 46.2 Å². The summed E-state index contributed by atoms with van der Waals surface area (Å²) in [6, 6.07) is 16.0. The van der Waals surface area contributed by atoms with Gasteiger partial charge in [0.05, 0.1) is 6.10 Å². The summed E-state index contributed by atoms with van der Waals surface area (Å²) in [5, 5.41) is 20.2. The molecule has 0 amide bonds. The van der Waals surface area contributed by atoms with Crippen molar-refractivity contribution in [3.05, 3.63) is 105 Å². The zero-order valence-electron chi connectivity index (χ0n) is 21.0. The van der Waals surface area contributed by atoms with Crippen molar-refractivity contribution in [2.75, 3.05) is 6.61 Å². The number of carbonyl (C=O) groups is 3. The van der Waals surface area contributed by atoms with Crippen LogP contribution in [-0.2, 0) is 6.42 Å². The van der Waals surface area contributed by atoms with Gasteiger partial charge in [-0.2, -0.15) is 0 Å². The number of aliphatic hydroxyl groups excluding tert-OH is 2. The summed E-state index contributed by atoms with van der Waals surface area (Å²) in [6.45, 7) is 5.44. The molecule has 0 spiro atoms. The third-order valence-corrected chi connectivity index (χ3v) is 7.20. The van der Waals surface area contributed by atoms with Crippen LogP contribution in [0.4, 0.5) is 0 Å². The average molecular weight is 485 g/mol. The van der Waals surface area contributed by atoms with E-state index in [4.69, 9.17) is 0 Å². The zero-order valence-corrected chi connectivity index (χ0v) is 21.0. The van der Waals surface area contributed by atoms with Crippen LogP contribution in [0, 0.1) is 12.8 Å². The fraction of sp³-hybridized carbons (Fsp3) is 0.323. The molecular weight excluding hydrogens is 452 g/mol. The van der Waals surface area contributed by atoms with Crippen molar-refractivity contribution in [1.29, 1.82) is 0 Å². The fourth-order valence-electron chi connectivity index (χ4n) is 5.32. The van der Waals surface area contributed by atoms with E-state index in [1.54, 1.807) is 37.3 Å². The molecule has 5 nitrogen and oxygen atoms in total. The van der Waals surface area contributed by atoms with Crippen LogP contribution in [0.15, 0.2) is 54.6 Å². The van der Waals surface area contributed by atoms with Crippen molar-refractivity contribution in [2.24, 2.45) is 5.92 Å². The first kappa shape index (κ1) is 25.7. The summed E-state index contributed by atoms with van der Waals surface area (Å²) in [6.07, 6.45) is 1.51. The van der Waals surface area contributed by atoms with Crippen LogP contribution in [0.5, 0.6) is 0 Å². The molecular formula is C31H32O5. The highest BCUT2D eigenvalue weighted by Gasteiger charge is 2.34. The molecule has 0 heterocycles. The van der Waals surface area contributed by atoms with Crippen molar-refractivity contribution in [2.45, 2.75) is 52.6 Å². The lowest BCUT2D eigenvalue weighted by molar-refractivity contribution is 0.0976. The number of hydrogen-bond donors (Lipinski definition) is 2. The summed E-state index contributed by atoms with van der Waals surface area (Å²) in [4.78, 5) is 39.8. The number of Topliss-reactive ketones (excluding diaryl/α,β-unsaturated/α-hetero) is 1. The Labute approximate surface area is 211 Å². The number of benzene rings is 3. The normalized spacial score (nSPS) is 14.2. The second-order valence-corrected chi connectivity index (χ2v) is 9.82. The number of fused-ring (bicyclic) bond motifs is 2. The van der Waals surface area contributed by atoms with E-state index in [0.717, 1.165) is 17.5 Å². The zero-order chi connectivity index (χ0) is 26.0. The molecule has 1 aliphatic rings. The van der Waals surface area contributed by atoms with E-state index in [1.165, 1.54) is 6.92 Å². The molecule has 0 radical (unpaired) electrons. The minimum absolute atomic E-state index is 0.121. The lowest BCUT2D eigenvalue weighted by Gasteiger charge is -2.24. The number of carbonyl (C=O) groups excluding carboxylic acids is 3. The summed E-state index contributed by atoms with van der Waals surface area (Å²) in [5.74, 6) is -0.353. The second-order valence-electron chi connectivity index (χ2n) is 9.82. The summed E-state index contributed by atoms with van der Waals surface area (Å²) in [5.41, 5.74) is 4.55. The van der Waals surface area contributed by atoms with Gasteiger partial charge in [0.1, 0.15) is 0 Å². The molecule has 5 heteroatoms. The van der Waals surface area contributed by atoms with Gasteiger partial charge in [-0.15, -0.1) is 0 Å². The maximum atomic E-state index is 13.7. The lowest BCUT2D eigenvalue weighted by Crippen LogP contribution is -2.25. The predicted molar refractivity (Wildman–Crippen MR) is 139 cm³/mol. The maximum absolute atomic E-state index is 13.7. The van der Waals surface area contributed by atoms with Gasteiger partial charge >= 0.3 is 0 Å². The number of aryl methyl sites for hydroxylation is 1. The molecule has 2 unspecified atom stereocenters. The Morgan fingerprint density at radius 1 is 0.889 bits per heavy atom. The molecule has 4 rings (SSSR count). The minimum Gasteiger partial charge on any atom is -0.396 e. The van der Waals surface area contributed by atoms with Gasteiger partial charge in [0.25, 0.3) is 0 Å². The van der Waals surface area contributed by atoms with E-state index in [1.807, 2.05) is 31.2 Å². The van der Waals surface area contributed by atoms with E-state index in [9.17, 15) is 24.6 Å². The van der Waals surface area contributed by atoms with Gasteiger partial charge in [0, 0.05) is 34.4 Å². The SMILES string of the molecule is CC(=O)c1c(C)cc2c(c1Cc1ccccc1C(O)CCC(C)CCO)C(=O)c1ccccc1C2=O. The van der Waals surface area contributed by atoms with Gasteiger partial charge in [-0.1, -0.05) is 55.5 Å². The molecule has 0 saturated heterocycles. The van der Waals surface area contributed by atoms with Crippen molar-refractivity contribution < 1.29 is 24.6 Å². The van der Waals surface area contributed by atoms with Gasteiger partial charge in [-0.05, 0) is 73.8 Å². The topological polar surface area (TPSA) is 91.7 Å². The molecule has 2 N–H and O–H groups in total. The summed E-state index contributed by atoms with van der Waals surface area (Å²) >= 11 is 0. The van der Waals surface area contributed by atoms with Crippen LogP contribution < -0.4 is 0 Å². The molecule has 186 valence electrons. The minimum atomic E-state index is -0.721. The van der Waals surface area contributed by atoms with E-state index in [-0.39, 0.29) is 41.9 Å². The molecule has 1 aliphatic carbocycles. The first-order chi connectivity index (χ1) is 17.2. The molecule has 0 aliphatic heterocycles. The van der Waals surface area contributed by atoms with Crippen molar-refractivity contribution in [1.82, 2.24) is 0 Å². The highest BCUT2D eigenvalue weighted by Crippen LogP contribution is 2.36. The Kier molecular flexibility index (Phi) is 7.62. The van der Waals surface area contributed by atoms with Gasteiger partial charge in [-0.3, -0.25) is 14.4 Å². The number of rotatable bonds is 9. The maximum Gasteiger partial charge on any atom is 0.194 e. The first-order valence-corrected chi connectivity index (χ1v) is 12.5. The number of hydrogen-bond acceptors (Lipinski definition) is 5. The highest BCUT2D eigenvalue weighted by molar-refractivity contribution is 6.29. The van der Waals surface area contributed by atoms with Crippen molar-refractivity contribution >= 4 is 17.3 Å². The highest BCUT2D eigenvalue weighted by atomic mass is 16.3. The Bertz CT molecular complexity index is 1340. The lowest BCUT2D eigenvalue weighted by atomic mass is 9.77. The summed E-state index contributed by atoms with van der Waals surface area (Å²) in [7, 11) is 0. The smallest absolute Gasteiger partial charge is 0.194 e. The second kappa shape index (κ2) is 10.7. The van der Waals surface area contributed by atoms with E-state index < -0.39 is 6.10 Å². The van der Waals surface area contributed by atoms with E-state index in [2.05, 4.69) is 0 Å². The molecule has 3 aromatic carbocycles. The Morgan fingerprint density at radius 2 is 1.53 bits per heavy atom. The molecule has 0 saturated carbocycles.